The molecule has 2 N–H and O–H groups in total. The third-order valence-corrected chi connectivity index (χ3v) is 5.27. The van der Waals surface area contributed by atoms with E-state index in [1.165, 1.54) is 5.56 Å². The number of ether oxygens (including phenoxy) is 1. The van der Waals surface area contributed by atoms with Gasteiger partial charge in [-0.2, -0.15) is 4.98 Å². The van der Waals surface area contributed by atoms with E-state index in [1.807, 2.05) is 37.3 Å². The normalized spacial score (nSPS) is 19.1. The van der Waals surface area contributed by atoms with E-state index < -0.39 is 0 Å². The number of benzene rings is 2. The number of hydrazine groups is 1. The van der Waals surface area contributed by atoms with E-state index >= 15 is 0 Å². The smallest absolute Gasteiger partial charge is 0.233 e. The molecule has 2 unspecified atom stereocenters. The first-order chi connectivity index (χ1) is 13.7. The lowest BCUT2D eigenvalue weighted by Gasteiger charge is -2.17. The molecule has 1 aliphatic heterocycles. The molecule has 1 aromatic heterocycles. The lowest BCUT2D eigenvalue weighted by Crippen LogP contribution is -2.24. The quantitative estimate of drug-likeness (QED) is 0.645. The minimum absolute atomic E-state index is 0.00479. The van der Waals surface area contributed by atoms with Crippen LogP contribution in [0, 0.1) is 0 Å². The second-order valence-electron chi connectivity index (χ2n) is 6.74. The minimum atomic E-state index is -0.0241. The third-order valence-electron chi connectivity index (χ3n) is 4.98. The lowest BCUT2D eigenvalue weighted by molar-refractivity contribution is 0.339. The monoisotopic (exact) mass is 398 g/mol. The number of halogens is 1. The Balaban J connectivity index is 1.57. The molecule has 146 valence electrons. The highest BCUT2D eigenvalue weighted by Crippen LogP contribution is 2.36. The van der Waals surface area contributed by atoms with Crippen molar-refractivity contribution in [3.63, 3.8) is 0 Å². The Morgan fingerprint density at radius 3 is 2.71 bits per heavy atom. The van der Waals surface area contributed by atoms with Gasteiger partial charge in [0, 0.05) is 12.1 Å². The maximum atomic E-state index is 6.36. The number of aryl methyl sites for hydroxylation is 1. The van der Waals surface area contributed by atoms with Crippen molar-refractivity contribution >= 4 is 11.6 Å². The summed E-state index contributed by atoms with van der Waals surface area (Å²) in [6, 6.07) is 14.0. The number of nitrogens with one attached hydrogen (secondary N) is 2. The molecule has 4 rings (SSSR count). The molecule has 0 bridgehead atoms. The van der Waals surface area contributed by atoms with Gasteiger partial charge in [-0.3, -0.25) is 5.43 Å². The molecule has 2 atom stereocenters. The Kier molecular flexibility index (Phi) is 5.62. The molecule has 6 nitrogen and oxygen atoms in total. The number of hydrogen-bond acceptors (Lipinski definition) is 6. The SMILES string of the molecule is CCOc1ccc(C2NNCC2c2nc(-c3ccc(CC)cc3)no2)cc1Cl. The first kappa shape index (κ1) is 18.9. The topological polar surface area (TPSA) is 72.2 Å². The summed E-state index contributed by atoms with van der Waals surface area (Å²) in [4.78, 5) is 4.65. The molecule has 1 saturated heterocycles. The third kappa shape index (κ3) is 3.76. The molecule has 0 spiro atoms. The van der Waals surface area contributed by atoms with Gasteiger partial charge in [0.05, 0.1) is 23.6 Å². The van der Waals surface area contributed by atoms with Crippen LogP contribution >= 0.6 is 11.6 Å². The molecule has 2 aromatic carbocycles. The maximum absolute atomic E-state index is 6.36. The van der Waals surface area contributed by atoms with Gasteiger partial charge >= 0.3 is 0 Å². The van der Waals surface area contributed by atoms with Gasteiger partial charge in [-0.25, -0.2) is 5.43 Å². The predicted octanol–water partition coefficient (Wildman–Crippen LogP) is 4.28. The highest BCUT2D eigenvalue weighted by molar-refractivity contribution is 6.32. The fraction of sp³-hybridized carbons (Fsp3) is 0.333. The second kappa shape index (κ2) is 8.31. The average molecular weight is 399 g/mol. The van der Waals surface area contributed by atoms with Crippen LogP contribution in [0.1, 0.15) is 42.8 Å². The van der Waals surface area contributed by atoms with E-state index in [0.29, 0.717) is 35.6 Å². The summed E-state index contributed by atoms with van der Waals surface area (Å²) >= 11 is 6.36. The van der Waals surface area contributed by atoms with Gasteiger partial charge in [0.1, 0.15) is 5.75 Å². The Morgan fingerprint density at radius 1 is 1.18 bits per heavy atom. The van der Waals surface area contributed by atoms with Crippen LogP contribution in [0.2, 0.25) is 5.02 Å². The summed E-state index contributed by atoms with van der Waals surface area (Å²) in [7, 11) is 0. The fourth-order valence-corrected chi connectivity index (χ4v) is 3.66. The van der Waals surface area contributed by atoms with Crippen molar-refractivity contribution < 1.29 is 9.26 Å². The lowest BCUT2D eigenvalue weighted by atomic mass is 9.95. The van der Waals surface area contributed by atoms with Crippen molar-refractivity contribution in [2.75, 3.05) is 13.2 Å². The van der Waals surface area contributed by atoms with Crippen molar-refractivity contribution in [3.8, 4) is 17.1 Å². The van der Waals surface area contributed by atoms with Gasteiger partial charge in [0.25, 0.3) is 0 Å². The van der Waals surface area contributed by atoms with E-state index in [0.717, 1.165) is 17.5 Å². The first-order valence-corrected chi connectivity index (χ1v) is 9.91. The van der Waals surface area contributed by atoms with Crippen molar-refractivity contribution in [1.82, 2.24) is 21.0 Å². The van der Waals surface area contributed by atoms with Crippen LogP contribution in [-0.4, -0.2) is 23.3 Å². The van der Waals surface area contributed by atoms with Crippen molar-refractivity contribution in [2.24, 2.45) is 0 Å². The number of hydrogen-bond donors (Lipinski definition) is 2. The molecular formula is C21H23ClN4O2. The number of rotatable bonds is 6. The van der Waals surface area contributed by atoms with Gasteiger partial charge in [-0.05, 0) is 36.6 Å². The summed E-state index contributed by atoms with van der Waals surface area (Å²) in [6.45, 7) is 5.33. The van der Waals surface area contributed by atoms with E-state index in [4.69, 9.17) is 20.9 Å². The van der Waals surface area contributed by atoms with Gasteiger partial charge in [0.2, 0.25) is 11.7 Å². The van der Waals surface area contributed by atoms with Gasteiger partial charge < -0.3 is 9.26 Å². The summed E-state index contributed by atoms with van der Waals surface area (Å²) in [5.74, 6) is 1.89. The fourth-order valence-electron chi connectivity index (χ4n) is 3.42. The van der Waals surface area contributed by atoms with E-state index in [-0.39, 0.29) is 12.0 Å². The van der Waals surface area contributed by atoms with Crippen LogP contribution in [0.5, 0.6) is 5.75 Å². The second-order valence-corrected chi connectivity index (χ2v) is 7.15. The molecule has 1 aliphatic rings. The van der Waals surface area contributed by atoms with E-state index in [9.17, 15) is 0 Å². The summed E-state index contributed by atoms with van der Waals surface area (Å²) in [5.41, 5.74) is 9.75. The Hall–Kier alpha value is -2.41. The van der Waals surface area contributed by atoms with Crippen LogP contribution in [-0.2, 0) is 6.42 Å². The largest absolute Gasteiger partial charge is 0.492 e. The van der Waals surface area contributed by atoms with Gasteiger partial charge in [-0.1, -0.05) is 54.0 Å². The van der Waals surface area contributed by atoms with E-state index in [1.54, 1.807) is 0 Å². The Morgan fingerprint density at radius 2 is 2.00 bits per heavy atom. The average Bonchev–Trinajstić information content (AvgIpc) is 3.39. The van der Waals surface area contributed by atoms with Crippen molar-refractivity contribution in [1.29, 1.82) is 0 Å². The molecule has 0 aliphatic carbocycles. The molecule has 3 aromatic rings. The molecule has 2 heterocycles. The molecule has 28 heavy (non-hydrogen) atoms. The highest BCUT2D eigenvalue weighted by atomic mass is 35.5. The Labute approximate surface area is 169 Å². The minimum Gasteiger partial charge on any atom is -0.492 e. The summed E-state index contributed by atoms with van der Waals surface area (Å²) < 4.78 is 11.1. The summed E-state index contributed by atoms with van der Waals surface area (Å²) in [5, 5.41) is 4.77. The van der Waals surface area contributed by atoms with Gasteiger partial charge in [-0.15, -0.1) is 0 Å². The zero-order valence-corrected chi connectivity index (χ0v) is 16.7. The highest BCUT2D eigenvalue weighted by Gasteiger charge is 2.34. The number of nitrogens with zero attached hydrogens (tertiary/aromatic N) is 2. The van der Waals surface area contributed by atoms with Crippen LogP contribution in [0.25, 0.3) is 11.4 Å². The van der Waals surface area contributed by atoms with Crippen LogP contribution in [0.4, 0.5) is 0 Å². The molecule has 0 radical (unpaired) electrons. The molecule has 7 heteroatoms. The van der Waals surface area contributed by atoms with Crippen LogP contribution < -0.4 is 15.6 Å². The molecule has 0 amide bonds. The van der Waals surface area contributed by atoms with Crippen molar-refractivity contribution in [2.45, 2.75) is 32.2 Å². The Bertz CT molecular complexity index is 942. The first-order valence-electron chi connectivity index (χ1n) is 9.53. The van der Waals surface area contributed by atoms with Crippen LogP contribution in [0.3, 0.4) is 0 Å². The molecule has 0 saturated carbocycles. The van der Waals surface area contributed by atoms with Crippen LogP contribution in [0.15, 0.2) is 47.0 Å². The van der Waals surface area contributed by atoms with Gasteiger partial charge in [0.15, 0.2) is 0 Å². The molecular weight excluding hydrogens is 376 g/mol. The van der Waals surface area contributed by atoms with E-state index in [2.05, 4.69) is 40.0 Å². The zero-order chi connectivity index (χ0) is 19.5. The number of aromatic nitrogens is 2. The zero-order valence-electron chi connectivity index (χ0n) is 15.9. The maximum Gasteiger partial charge on any atom is 0.233 e. The standard InChI is InChI=1S/C21H23ClN4O2/c1-3-13-5-7-14(8-6-13)20-24-21(28-26-20)16-12-23-25-19(16)15-9-10-18(27-4-2)17(22)11-15/h5-11,16,19,23,25H,3-4,12H2,1-2H3. The van der Waals surface area contributed by atoms with Crippen molar-refractivity contribution in [3.05, 3.63) is 64.5 Å². The summed E-state index contributed by atoms with van der Waals surface area (Å²) in [6.07, 6.45) is 1.00. The molecule has 1 fully saturated rings. The predicted molar refractivity (Wildman–Crippen MR) is 108 cm³/mol.